The van der Waals surface area contributed by atoms with E-state index in [1.807, 2.05) is 121 Å². The fourth-order valence-electron chi connectivity index (χ4n) is 7.77. The summed E-state index contributed by atoms with van der Waals surface area (Å²) in [6, 6.07) is 39.7. The van der Waals surface area contributed by atoms with Crippen LogP contribution in [-0.4, -0.2) is 113 Å². The molecule has 2 unspecified atom stereocenters. The average Bonchev–Trinajstić information content (AvgIpc) is 3.29. The highest BCUT2D eigenvalue weighted by Crippen LogP contribution is 2.44. The molecule has 13 heteroatoms. The maximum Gasteiger partial charge on any atom is 0.220 e. The van der Waals surface area contributed by atoms with Crippen molar-refractivity contribution in [2.75, 3.05) is 34.5 Å². The van der Waals surface area contributed by atoms with E-state index in [0.717, 1.165) is 22.3 Å². The summed E-state index contributed by atoms with van der Waals surface area (Å²) in [5.74, 6) is -2.76. The number of methoxy groups -OCH3 is 3. The van der Waals surface area contributed by atoms with E-state index in [9.17, 15) is 5.11 Å². The van der Waals surface area contributed by atoms with E-state index in [1.54, 1.807) is 13.8 Å². The van der Waals surface area contributed by atoms with Gasteiger partial charge in [0.05, 0.1) is 39.6 Å². The van der Waals surface area contributed by atoms with E-state index >= 15 is 0 Å². The zero-order valence-electron chi connectivity index (χ0n) is 34.9. The second kappa shape index (κ2) is 21.0. The Morgan fingerprint density at radius 3 is 1.40 bits per heavy atom. The average molecular weight is 831 g/mol. The maximum atomic E-state index is 11.4. The number of aliphatic hydroxyl groups is 1. The fraction of sp³-hybridized carbons (Fsp3) is 0.489. The number of fused-ring (bicyclic) bond motifs is 1. The van der Waals surface area contributed by atoms with Gasteiger partial charge in [0, 0.05) is 21.3 Å². The normalized spacial score (nSPS) is 33.0. The second-order valence-electron chi connectivity index (χ2n) is 15.4. The van der Waals surface area contributed by atoms with Crippen molar-refractivity contribution in [2.45, 2.75) is 113 Å². The fourth-order valence-corrected chi connectivity index (χ4v) is 7.77. The Hall–Kier alpha value is -3.64. The Balaban J connectivity index is 1.21. The molecule has 4 aromatic rings. The molecule has 0 amide bonds. The number of rotatable bonds is 19. The quantitative estimate of drug-likeness (QED) is 0.120. The first-order chi connectivity index (χ1) is 29.2. The highest BCUT2D eigenvalue weighted by Gasteiger charge is 2.62. The van der Waals surface area contributed by atoms with Crippen molar-refractivity contribution >= 4 is 0 Å². The highest BCUT2D eigenvalue weighted by atomic mass is 16.8. The van der Waals surface area contributed by atoms with Crippen molar-refractivity contribution in [1.29, 1.82) is 0 Å². The first kappa shape index (κ1) is 44.4. The molecular weight excluding hydrogens is 773 g/mol. The lowest BCUT2D eigenvalue weighted by molar-refractivity contribution is -0.480. The van der Waals surface area contributed by atoms with Crippen LogP contribution in [0.25, 0.3) is 0 Å². The van der Waals surface area contributed by atoms with Crippen LogP contribution in [0.4, 0.5) is 0 Å². The lowest BCUT2D eigenvalue weighted by Gasteiger charge is -2.56. The van der Waals surface area contributed by atoms with Gasteiger partial charge in [0.15, 0.2) is 12.6 Å². The maximum absolute atomic E-state index is 11.4. The van der Waals surface area contributed by atoms with Gasteiger partial charge in [-0.15, -0.1) is 0 Å². The van der Waals surface area contributed by atoms with Crippen LogP contribution in [0.1, 0.15) is 36.1 Å². The van der Waals surface area contributed by atoms with Crippen LogP contribution in [0.3, 0.4) is 0 Å². The van der Waals surface area contributed by atoms with Gasteiger partial charge in [-0.25, -0.2) is 0 Å². The van der Waals surface area contributed by atoms with E-state index in [0.29, 0.717) is 13.2 Å². The van der Waals surface area contributed by atoms with Crippen LogP contribution >= 0.6 is 0 Å². The SMILES string of the molecule is CO[C@H]1O[C@H](CO[C@H]2O[C@H](COCc3ccccc3)[C@@H](OCc3ccccc3)[C@H](OCc3ccccc3)[C@@H]2OCc2ccccc2)[C@H]2OC(C)(OC)C(C)(OC)O[C@@H]2[C@@H]1O. The zero-order chi connectivity index (χ0) is 42.0. The molecule has 3 aliphatic heterocycles. The first-order valence-corrected chi connectivity index (χ1v) is 20.4. The van der Waals surface area contributed by atoms with Gasteiger partial charge in [-0.1, -0.05) is 121 Å². The van der Waals surface area contributed by atoms with Crippen LogP contribution in [0.5, 0.6) is 0 Å². The Morgan fingerprint density at radius 2 is 0.917 bits per heavy atom. The second-order valence-corrected chi connectivity index (χ2v) is 15.4. The van der Waals surface area contributed by atoms with Gasteiger partial charge in [0.2, 0.25) is 11.6 Å². The molecule has 4 aromatic carbocycles. The van der Waals surface area contributed by atoms with Crippen LogP contribution < -0.4 is 0 Å². The predicted molar refractivity (Wildman–Crippen MR) is 218 cm³/mol. The minimum atomic E-state index is -1.38. The van der Waals surface area contributed by atoms with Crippen LogP contribution in [0.15, 0.2) is 121 Å². The number of hydrogen-bond acceptors (Lipinski definition) is 13. The smallest absolute Gasteiger partial charge is 0.220 e. The molecule has 0 saturated carbocycles. The van der Waals surface area contributed by atoms with Crippen molar-refractivity contribution in [3.05, 3.63) is 144 Å². The number of benzene rings is 4. The molecule has 13 nitrogen and oxygen atoms in total. The van der Waals surface area contributed by atoms with E-state index in [2.05, 4.69) is 0 Å². The van der Waals surface area contributed by atoms with Gasteiger partial charge in [-0.2, -0.15) is 0 Å². The molecule has 3 fully saturated rings. The van der Waals surface area contributed by atoms with Crippen molar-refractivity contribution < 1.29 is 61.9 Å². The summed E-state index contributed by atoms with van der Waals surface area (Å²) in [5, 5.41) is 11.4. The van der Waals surface area contributed by atoms with E-state index < -0.39 is 73.0 Å². The standard InChI is InChI=1S/C47H58O13/c1-46(50-4)47(2,51-5)60-41-38(48)44(49-3)57-37(40(41)59-46)31-56-45-43(55-29-35-24-16-9-17-25-35)42(54-28-34-22-14-8-15-23-34)39(53-27-33-20-12-7-13-21-33)36(58-45)30-52-26-32-18-10-6-11-19-32/h6-25,36-45,48H,26-31H2,1-5H3/t36-,37-,38+,39-,40-,41-,42+,43+,44+,45+,46?,47?/m1/s1. The Labute approximate surface area is 352 Å². The van der Waals surface area contributed by atoms with Crippen LogP contribution in [-0.2, 0) is 83.3 Å². The molecule has 0 aromatic heterocycles. The summed E-state index contributed by atoms with van der Waals surface area (Å²) in [6.07, 6.45) is -8.77. The molecule has 3 heterocycles. The molecule has 60 heavy (non-hydrogen) atoms. The number of aliphatic hydroxyl groups excluding tert-OH is 1. The summed E-state index contributed by atoms with van der Waals surface area (Å²) in [4.78, 5) is 0. The molecule has 0 aliphatic carbocycles. The van der Waals surface area contributed by atoms with Gasteiger partial charge >= 0.3 is 0 Å². The molecule has 12 atom stereocenters. The lowest BCUT2D eigenvalue weighted by atomic mass is 9.94. The van der Waals surface area contributed by atoms with E-state index in [-0.39, 0.29) is 26.4 Å². The van der Waals surface area contributed by atoms with Crippen molar-refractivity contribution in [1.82, 2.24) is 0 Å². The summed E-state index contributed by atoms with van der Waals surface area (Å²) in [6.45, 7) is 4.63. The van der Waals surface area contributed by atoms with Crippen LogP contribution in [0.2, 0.25) is 0 Å². The lowest BCUT2D eigenvalue weighted by Crippen LogP contribution is -2.73. The van der Waals surface area contributed by atoms with E-state index in [1.165, 1.54) is 21.3 Å². The van der Waals surface area contributed by atoms with Crippen LogP contribution in [0, 0.1) is 0 Å². The van der Waals surface area contributed by atoms with Crippen molar-refractivity contribution in [2.24, 2.45) is 0 Å². The first-order valence-electron chi connectivity index (χ1n) is 20.4. The Kier molecular flexibility index (Phi) is 15.5. The molecule has 324 valence electrons. The summed E-state index contributed by atoms with van der Waals surface area (Å²) < 4.78 is 76.9. The molecular formula is C47H58O13. The van der Waals surface area contributed by atoms with Crippen molar-refractivity contribution in [3.63, 3.8) is 0 Å². The molecule has 7 rings (SSSR count). The highest BCUT2D eigenvalue weighted by molar-refractivity contribution is 5.16. The predicted octanol–water partition coefficient (Wildman–Crippen LogP) is 5.94. The third-order valence-corrected chi connectivity index (χ3v) is 11.4. The molecule has 1 N–H and O–H groups in total. The van der Waals surface area contributed by atoms with Gasteiger partial charge in [0.1, 0.15) is 48.8 Å². The molecule has 0 radical (unpaired) electrons. The number of ether oxygens (including phenoxy) is 12. The third kappa shape index (κ3) is 10.5. The number of hydrogen-bond donors (Lipinski definition) is 1. The Morgan fingerprint density at radius 1 is 0.483 bits per heavy atom. The summed E-state index contributed by atoms with van der Waals surface area (Å²) in [5.41, 5.74) is 3.94. The largest absolute Gasteiger partial charge is 0.385 e. The third-order valence-electron chi connectivity index (χ3n) is 11.4. The van der Waals surface area contributed by atoms with Gasteiger partial charge in [-0.3, -0.25) is 0 Å². The summed E-state index contributed by atoms with van der Waals surface area (Å²) >= 11 is 0. The van der Waals surface area contributed by atoms with Crippen molar-refractivity contribution in [3.8, 4) is 0 Å². The minimum Gasteiger partial charge on any atom is -0.385 e. The zero-order valence-corrected chi connectivity index (χ0v) is 34.9. The topological polar surface area (TPSA) is 131 Å². The minimum absolute atomic E-state index is 0.0883. The molecule has 0 spiro atoms. The van der Waals surface area contributed by atoms with Gasteiger partial charge in [0.25, 0.3) is 0 Å². The summed E-state index contributed by atoms with van der Waals surface area (Å²) in [7, 11) is 4.44. The Bertz CT molecular complexity index is 1840. The van der Waals surface area contributed by atoms with Gasteiger partial charge < -0.3 is 61.9 Å². The monoisotopic (exact) mass is 830 g/mol. The molecule has 3 saturated heterocycles. The van der Waals surface area contributed by atoms with Gasteiger partial charge in [-0.05, 0) is 36.1 Å². The molecule has 3 aliphatic rings. The molecule has 0 bridgehead atoms. The van der Waals surface area contributed by atoms with E-state index in [4.69, 9.17) is 56.8 Å².